The van der Waals surface area contributed by atoms with Gasteiger partial charge in [0, 0.05) is 19.2 Å². The number of aromatic nitrogens is 2. The molecular weight excluding hydrogens is 254 g/mol. The van der Waals surface area contributed by atoms with E-state index in [1.54, 1.807) is 6.07 Å². The topological polar surface area (TPSA) is 72.4 Å². The number of ether oxygens (including phenoxy) is 1. The van der Waals surface area contributed by atoms with Crippen LogP contribution in [0.4, 0.5) is 0 Å². The Kier molecular flexibility index (Phi) is 3.82. The predicted octanol–water partition coefficient (Wildman–Crippen LogP) is 0.588. The quantitative estimate of drug-likeness (QED) is 0.804. The van der Waals surface area contributed by atoms with Gasteiger partial charge in [0.25, 0.3) is 0 Å². The van der Waals surface area contributed by atoms with Crippen LogP contribution >= 0.6 is 0 Å². The van der Waals surface area contributed by atoms with Gasteiger partial charge < -0.3 is 4.74 Å². The predicted molar refractivity (Wildman–Crippen MR) is 66.8 cm³/mol. The molecule has 6 nitrogen and oxygen atoms in total. The average molecular weight is 271 g/mol. The lowest BCUT2D eigenvalue weighted by atomic mass is 10.1. The first-order chi connectivity index (χ1) is 8.45. The monoisotopic (exact) mass is 271 g/mol. The summed E-state index contributed by atoms with van der Waals surface area (Å²) in [6.07, 6.45) is 2.62. The zero-order chi connectivity index (χ0) is 13.2. The molecule has 1 fully saturated rings. The van der Waals surface area contributed by atoms with Crippen molar-refractivity contribution in [3.63, 3.8) is 0 Å². The highest BCUT2D eigenvalue weighted by atomic mass is 32.2. The van der Waals surface area contributed by atoms with Crippen molar-refractivity contribution in [1.82, 2.24) is 14.5 Å². The van der Waals surface area contributed by atoms with Gasteiger partial charge in [-0.05, 0) is 25.8 Å². The van der Waals surface area contributed by atoms with Crippen LogP contribution in [0.3, 0.4) is 0 Å². The molecule has 18 heavy (non-hydrogen) atoms. The highest BCUT2D eigenvalue weighted by Crippen LogP contribution is 2.18. The molecule has 0 spiro atoms. The van der Waals surface area contributed by atoms with E-state index in [4.69, 9.17) is 4.74 Å². The summed E-state index contributed by atoms with van der Waals surface area (Å²) in [5, 5.41) is 7.85. The Balaban J connectivity index is 1.89. The van der Waals surface area contributed by atoms with Crippen molar-refractivity contribution < 1.29 is 13.2 Å². The molecule has 1 aromatic heterocycles. The van der Waals surface area contributed by atoms with E-state index in [1.807, 2.05) is 13.0 Å². The van der Waals surface area contributed by atoms with Gasteiger partial charge >= 0.3 is 0 Å². The van der Waals surface area contributed by atoms with E-state index in [0.29, 0.717) is 31.8 Å². The van der Waals surface area contributed by atoms with E-state index in [2.05, 4.69) is 10.2 Å². The Morgan fingerprint density at radius 3 is 2.44 bits per heavy atom. The number of hydrogen-bond acceptors (Lipinski definition) is 5. The fourth-order valence-electron chi connectivity index (χ4n) is 1.90. The minimum atomic E-state index is -3.08. The van der Waals surface area contributed by atoms with Crippen molar-refractivity contribution in [1.29, 1.82) is 0 Å². The second-order valence-corrected chi connectivity index (χ2v) is 6.47. The molecule has 0 N–H and O–H groups in total. The van der Waals surface area contributed by atoms with Crippen molar-refractivity contribution in [2.45, 2.75) is 25.9 Å². The summed E-state index contributed by atoms with van der Waals surface area (Å²) in [4.78, 5) is 0. The summed E-state index contributed by atoms with van der Waals surface area (Å²) in [5.41, 5.74) is 0.842. The number of sulfonamides is 1. The Bertz CT molecular complexity index is 493. The number of piperidine rings is 1. The molecule has 0 saturated carbocycles. The van der Waals surface area contributed by atoms with Crippen LogP contribution in [0.1, 0.15) is 18.5 Å². The smallest absolute Gasteiger partial charge is 0.233 e. The lowest BCUT2D eigenvalue weighted by Crippen LogP contribution is -2.41. The van der Waals surface area contributed by atoms with Gasteiger partial charge in [0.05, 0.1) is 11.9 Å². The summed E-state index contributed by atoms with van der Waals surface area (Å²) >= 11 is 0. The van der Waals surface area contributed by atoms with Crippen LogP contribution in [-0.2, 0) is 10.0 Å². The largest absolute Gasteiger partial charge is 0.473 e. The maximum absolute atomic E-state index is 11.4. The molecule has 0 amide bonds. The Morgan fingerprint density at radius 2 is 1.94 bits per heavy atom. The molecule has 1 aliphatic heterocycles. The van der Waals surface area contributed by atoms with E-state index < -0.39 is 10.0 Å². The molecule has 0 atom stereocenters. The van der Waals surface area contributed by atoms with Crippen molar-refractivity contribution in [2.75, 3.05) is 19.3 Å². The zero-order valence-electron chi connectivity index (χ0n) is 10.5. The third kappa shape index (κ3) is 3.39. The van der Waals surface area contributed by atoms with E-state index >= 15 is 0 Å². The third-order valence-corrected chi connectivity index (χ3v) is 4.23. The SMILES string of the molecule is Cc1ccc(OC2CCN(S(C)(=O)=O)CC2)nn1. The minimum Gasteiger partial charge on any atom is -0.473 e. The molecule has 1 saturated heterocycles. The highest BCUT2D eigenvalue weighted by molar-refractivity contribution is 7.88. The molecule has 1 aliphatic rings. The molecule has 0 unspecified atom stereocenters. The molecule has 2 heterocycles. The third-order valence-electron chi connectivity index (χ3n) is 2.93. The molecule has 0 aromatic carbocycles. The Morgan fingerprint density at radius 1 is 1.28 bits per heavy atom. The van der Waals surface area contributed by atoms with Gasteiger partial charge in [0.2, 0.25) is 15.9 Å². The van der Waals surface area contributed by atoms with Crippen LogP contribution in [-0.4, -0.2) is 48.4 Å². The number of nitrogens with zero attached hydrogens (tertiary/aromatic N) is 3. The van der Waals surface area contributed by atoms with Crippen LogP contribution in [0.2, 0.25) is 0 Å². The van der Waals surface area contributed by atoms with E-state index in [0.717, 1.165) is 5.69 Å². The fraction of sp³-hybridized carbons (Fsp3) is 0.636. The molecule has 0 radical (unpaired) electrons. The summed E-state index contributed by atoms with van der Waals surface area (Å²) < 4.78 is 29.9. The van der Waals surface area contributed by atoms with Crippen LogP contribution in [0.15, 0.2) is 12.1 Å². The van der Waals surface area contributed by atoms with E-state index in [-0.39, 0.29) is 6.10 Å². The summed E-state index contributed by atoms with van der Waals surface area (Å²) in [7, 11) is -3.08. The highest BCUT2D eigenvalue weighted by Gasteiger charge is 2.26. The van der Waals surface area contributed by atoms with Crippen LogP contribution < -0.4 is 4.74 Å². The van der Waals surface area contributed by atoms with Crippen molar-refractivity contribution >= 4 is 10.0 Å². The molecule has 0 bridgehead atoms. The number of aryl methyl sites for hydroxylation is 1. The number of hydrogen-bond donors (Lipinski definition) is 0. The normalized spacial score (nSPS) is 18.8. The first-order valence-electron chi connectivity index (χ1n) is 5.87. The van der Waals surface area contributed by atoms with Crippen molar-refractivity contribution in [3.8, 4) is 5.88 Å². The molecule has 2 rings (SSSR count). The fourth-order valence-corrected chi connectivity index (χ4v) is 2.78. The van der Waals surface area contributed by atoms with Gasteiger partial charge in [0.1, 0.15) is 6.10 Å². The Labute approximate surface area is 107 Å². The van der Waals surface area contributed by atoms with Crippen molar-refractivity contribution in [3.05, 3.63) is 17.8 Å². The van der Waals surface area contributed by atoms with Gasteiger partial charge in [-0.25, -0.2) is 12.7 Å². The molecule has 1 aromatic rings. The van der Waals surface area contributed by atoms with Gasteiger partial charge in [-0.1, -0.05) is 0 Å². The van der Waals surface area contributed by atoms with Crippen LogP contribution in [0, 0.1) is 6.92 Å². The first kappa shape index (κ1) is 13.2. The lowest BCUT2D eigenvalue weighted by Gasteiger charge is -2.29. The maximum Gasteiger partial charge on any atom is 0.233 e. The Hall–Kier alpha value is -1.21. The maximum atomic E-state index is 11.4. The summed E-state index contributed by atoms with van der Waals surface area (Å²) in [5.74, 6) is 0.499. The van der Waals surface area contributed by atoms with Gasteiger partial charge in [-0.15, -0.1) is 5.10 Å². The van der Waals surface area contributed by atoms with Crippen LogP contribution in [0.5, 0.6) is 5.88 Å². The molecular formula is C11H17N3O3S. The number of rotatable bonds is 3. The summed E-state index contributed by atoms with van der Waals surface area (Å²) in [6, 6.07) is 3.62. The first-order valence-corrected chi connectivity index (χ1v) is 7.72. The minimum absolute atomic E-state index is 0.0139. The van der Waals surface area contributed by atoms with Gasteiger partial charge in [-0.2, -0.15) is 5.10 Å². The van der Waals surface area contributed by atoms with Crippen LogP contribution in [0.25, 0.3) is 0 Å². The standard InChI is InChI=1S/C11H17N3O3S/c1-9-3-4-11(13-12-9)17-10-5-7-14(8-6-10)18(2,15)16/h3-4,10H,5-8H2,1-2H3. The average Bonchev–Trinajstić information content (AvgIpc) is 2.32. The van der Waals surface area contributed by atoms with E-state index in [1.165, 1.54) is 10.6 Å². The van der Waals surface area contributed by atoms with Gasteiger partial charge in [0.15, 0.2) is 0 Å². The molecule has 7 heteroatoms. The van der Waals surface area contributed by atoms with Gasteiger partial charge in [-0.3, -0.25) is 0 Å². The second kappa shape index (κ2) is 5.19. The second-order valence-electron chi connectivity index (χ2n) is 4.49. The van der Waals surface area contributed by atoms with Crippen molar-refractivity contribution in [2.24, 2.45) is 0 Å². The lowest BCUT2D eigenvalue weighted by molar-refractivity contribution is 0.129. The molecule has 100 valence electrons. The zero-order valence-corrected chi connectivity index (χ0v) is 11.4. The molecule has 0 aliphatic carbocycles. The van der Waals surface area contributed by atoms with E-state index in [9.17, 15) is 8.42 Å². The summed E-state index contributed by atoms with van der Waals surface area (Å²) in [6.45, 7) is 2.87.